The summed E-state index contributed by atoms with van der Waals surface area (Å²) in [4.78, 5) is 31.0. The highest BCUT2D eigenvalue weighted by molar-refractivity contribution is 5.71. The van der Waals surface area contributed by atoms with Crippen LogP contribution in [0.2, 0.25) is 0 Å². The zero-order valence-corrected chi connectivity index (χ0v) is 21.7. The van der Waals surface area contributed by atoms with Crippen molar-refractivity contribution < 1.29 is 23.8 Å². The van der Waals surface area contributed by atoms with Crippen molar-refractivity contribution in [1.82, 2.24) is 9.88 Å². The van der Waals surface area contributed by atoms with Gasteiger partial charge in [0.15, 0.2) is 0 Å². The van der Waals surface area contributed by atoms with E-state index in [1.54, 1.807) is 11.1 Å². The van der Waals surface area contributed by atoms with Gasteiger partial charge in [0, 0.05) is 25.4 Å². The smallest absolute Gasteiger partial charge is 0.410 e. The van der Waals surface area contributed by atoms with Crippen LogP contribution in [0.5, 0.6) is 5.88 Å². The normalized spacial score (nSPS) is 17.4. The standard InChI is InChI=1S/C29H38N2O5/c1-29(2,3)36-27(32)18-25(23-9-10-23)24-11-14-30-26(17-24)34-19-22-12-15-31(16-13-22)28(33)35-20-21-7-5-4-6-8-21/h4-8,11,14,17,22-23,25H,9-10,12-13,15-16,18-20H2,1-3H3/t25-/m0/s1. The number of aromatic nitrogens is 1. The van der Waals surface area contributed by atoms with Crippen molar-refractivity contribution in [3.63, 3.8) is 0 Å². The first-order chi connectivity index (χ1) is 17.3. The zero-order valence-electron chi connectivity index (χ0n) is 21.7. The fourth-order valence-electron chi connectivity index (χ4n) is 4.65. The second-order valence-electron chi connectivity index (χ2n) is 10.9. The SMILES string of the molecule is CC(C)(C)OC(=O)C[C@H](c1ccnc(OCC2CCN(C(=O)OCc3ccccc3)CC2)c1)C1CC1. The van der Waals surface area contributed by atoms with Gasteiger partial charge >= 0.3 is 12.1 Å². The number of rotatable bonds is 9. The number of likely N-dealkylation sites (tertiary alicyclic amines) is 1. The van der Waals surface area contributed by atoms with E-state index in [0.717, 1.165) is 36.8 Å². The van der Waals surface area contributed by atoms with Crippen molar-refractivity contribution in [3.8, 4) is 5.88 Å². The summed E-state index contributed by atoms with van der Waals surface area (Å²) in [5.41, 5.74) is 1.59. The van der Waals surface area contributed by atoms with Crippen LogP contribution in [0, 0.1) is 11.8 Å². The van der Waals surface area contributed by atoms with E-state index in [0.29, 0.717) is 50.4 Å². The Labute approximate surface area is 214 Å². The highest BCUT2D eigenvalue weighted by Gasteiger charge is 2.35. The van der Waals surface area contributed by atoms with Gasteiger partial charge in [0.05, 0.1) is 13.0 Å². The molecule has 7 nitrogen and oxygen atoms in total. The predicted molar refractivity (Wildman–Crippen MR) is 137 cm³/mol. The molecular formula is C29H38N2O5. The lowest BCUT2D eigenvalue weighted by atomic mass is 9.91. The lowest BCUT2D eigenvalue weighted by Crippen LogP contribution is -2.40. The van der Waals surface area contributed by atoms with Gasteiger partial charge in [-0.05, 0) is 81.4 Å². The van der Waals surface area contributed by atoms with Crippen LogP contribution >= 0.6 is 0 Å². The number of carbonyl (C=O) groups excluding carboxylic acids is 2. The van der Waals surface area contributed by atoms with Gasteiger partial charge < -0.3 is 19.1 Å². The van der Waals surface area contributed by atoms with Crippen molar-refractivity contribution in [2.24, 2.45) is 11.8 Å². The van der Waals surface area contributed by atoms with Crippen LogP contribution in [0.4, 0.5) is 4.79 Å². The quantitative estimate of drug-likeness (QED) is 0.414. The van der Waals surface area contributed by atoms with Crippen molar-refractivity contribution in [3.05, 3.63) is 59.8 Å². The van der Waals surface area contributed by atoms with E-state index < -0.39 is 5.60 Å². The van der Waals surface area contributed by atoms with Crippen LogP contribution in [0.15, 0.2) is 48.7 Å². The molecule has 36 heavy (non-hydrogen) atoms. The third-order valence-electron chi connectivity index (χ3n) is 6.73. The summed E-state index contributed by atoms with van der Waals surface area (Å²) < 4.78 is 17.1. The maximum atomic E-state index is 12.5. The third kappa shape index (κ3) is 7.97. The molecule has 7 heteroatoms. The summed E-state index contributed by atoms with van der Waals surface area (Å²) in [7, 11) is 0. The summed E-state index contributed by atoms with van der Waals surface area (Å²) in [6.45, 7) is 7.86. The molecule has 1 amide bonds. The minimum Gasteiger partial charge on any atom is -0.477 e. The molecule has 0 unspecified atom stereocenters. The maximum absolute atomic E-state index is 12.5. The molecule has 2 fully saturated rings. The summed E-state index contributed by atoms with van der Waals surface area (Å²) in [5.74, 6) is 1.43. The predicted octanol–water partition coefficient (Wildman–Crippen LogP) is 5.73. The summed E-state index contributed by atoms with van der Waals surface area (Å²) in [5, 5.41) is 0. The molecule has 1 aromatic carbocycles. The number of hydrogen-bond donors (Lipinski definition) is 0. The average molecular weight is 495 g/mol. The maximum Gasteiger partial charge on any atom is 0.410 e. The van der Waals surface area contributed by atoms with Crippen molar-refractivity contribution in [2.75, 3.05) is 19.7 Å². The van der Waals surface area contributed by atoms with Gasteiger partial charge in [-0.1, -0.05) is 30.3 Å². The van der Waals surface area contributed by atoms with E-state index in [4.69, 9.17) is 14.2 Å². The molecule has 0 N–H and O–H groups in total. The Morgan fingerprint density at radius 2 is 1.78 bits per heavy atom. The number of pyridine rings is 1. The number of hydrogen-bond acceptors (Lipinski definition) is 6. The van der Waals surface area contributed by atoms with E-state index in [1.165, 1.54) is 0 Å². The highest BCUT2D eigenvalue weighted by atomic mass is 16.6. The second kappa shape index (κ2) is 11.8. The molecule has 1 aliphatic carbocycles. The Balaban J connectivity index is 1.23. The molecule has 1 atom stereocenters. The van der Waals surface area contributed by atoms with Crippen molar-refractivity contribution >= 4 is 12.1 Å². The first-order valence-corrected chi connectivity index (χ1v) is 13.0. The van der Waals surface area contributed by atoms with Crippen LogP contribution in [0.1, 0.15) is 69.9 Å². The second-order valence-corrected chi connectivity index (χ2v) is 10.9. The topological polar surface area (TPSA) is 78.0 Å². The van der Waals surface area contributed by atoms with E-state index in [9.17, 15) is 9.59 Å². The number of amides is 1. The molecule has 4 rings (SSSR count). The molecule has 0 bridgehead atoms. The van der Waals surface area contributed by atoms with Gasteiger partial charge in [-0.25, -0.2) is 9.78 Å². The fraction of sp³-hybridized carbons (Fsp3) is 0.552. The van der Waals surface area contributed by atoms with Crippen LogP contribution in [-0.2, 0) is 20.9 Å². The summed E-state index contributed by atoms with van der Waals surface area (Å²) >= 11 is 0. The molecule has 1 saturated heterocycles. The largest absolute Gasteiger partial charge is 0.477 e. The van der Waals surface area contributed by atoms with Gasteiger partial charge in [-0.3, -0.25) is 4.79 Å². The lowest BCUT2D eigenvalue weighted by molar-refractivity contribution is -0.155. The molecule has 194 valence electrons. The molecule has 1 aliphatic heterocycles. The number of benzene rings is 1. The molecule has 1 saturated carbocycles. The number of carbonyl (C=O) groups is 2. The van der Waals surface area contributed by atoms with Crippen LogP contribution in [0.3, 0.4) is 0 Å². The summed E-state index contributed by atoms with van der Waals surface area (Å²) in [6, 6.07) is 13.7. The first-order valence-electron chi connectivity index (χ1n) is 13.0. The molecule has 0 spiro atoms. The van der Waals surface area contributed by atoms with Crippen molar-refractivity contribution in [1.29, 1.82) is 0 Å². The number of esters is 1. The highest BCUT2D eigenvalue weighted by Crippen LogP contribution is 2.45. The minimum absolute atomic E-state index is 0.135. The van der Waals surface area contributed by atoms with Gasteiger partial charge in [-0.15, -0.1) is 0 Å². The molecule has 0 radical (unpaired) electrons. The Morgan fingerprint density at radius 3 is 2.44 bits per heavy atom. The Bertz CT molecular complexity index is 1010. The monoisotopic (exact) mass is 494 g/mol. The Kier molecular flexibility index (Phi) is 8.49. The number of ether oxygens (including phenoxy) is 3. The van der Waals surface area contributed by atoms with Gasteiger partial charge in [-0.2, -0.15) is 0 Å². The van der Waals surface area contributed by atoms with Crippen LogP contribution in [0.25, 0.3) is 0 Å². The van der Waals surface area contributed by atoms with E-state index in [1.807, 2.05) is 63.2 Å². The van der Waals surface area contributed by atoms with Crippen LogP contribution < -0.4 is 4.74 Å². The Hall–Kier alpha value is -3.09. The van der Waals surface area contributed by atoms with Gasteiger partial charge in [0.2, 0.25) is 5.88 Å². The van der Waals surface area contributed by atoms with E-state index in [-0.39, 0.29) is 18.0 Å². The average Bonchev–Trinajstić information content (AvgIpc) is 3.70. The first kappa shape index (κ1) is 26.0. The molecule has 2 aliphatic rings. The molecule has 2 aromatic rings. The summed E-state index contributed by atoms with van der Waals surface area (Å²) in [6.07, 6.45) is 5.89. The van der Waals surface area contributed by atoms with Crippen molar-refractivity contribution in [2.45, 2.75) is 71.0 Å². The number of nitrogens with zero attached hydrogens (tertiary/aromatic N) is 2. The van der Waals surface area contributed by atoms with E-state index in [2.05, 4.69) is 4.98 Å². The Morgan fingerprint density at radius 1 is 1.06 bits per heavy atom. The van der Waals surface area contributed by atoms with Gasteiger partial charge in [0.1, 0.15) is 12.2 Å². The molecule has 2 heterocycles. The van der Waals surface area contributed by atoms with E-state index >= 15 is 0 Å². The minimum atomic E-state index is -0.480. The zero-order chi connectivity index (χ0) is 25.5. The number of piperidine rings is 1. The fourth-order valence-corrected chi connectivity index (χ4v) is 4.65. The lowest BCUT2D eigenvalue weighted by Gasteiger charge is -2.31. The van der Waals surface area contributed by atoms with Crippen LogP contribution in [-0.4, -0.2) is 47.2 Å². The molecular weight excluding hydrogens is 456 g/mol. The third-order valence-corrected chi connectivity index (χ3v) is 6.73. The van der Waals surface area contributed by atoms with Gasteiger partial charge in [0.25, 0.3) is 0 Å². The molecule has 1 aromatic heterocycles.